The van der Waals surface area contributed by atoms with Crippen molar-refractivity contribution in [3.63, 3.8) is 0 Å². The molecule has 4 aromatic carbocycles. The second kappa shape index (κ2) is 13.6. The first-order chi connectivity index (χ1) is 19.3. The van der Waals surface area contributed by atoms with Crippen LogP contribution in [0.2, 0.25) is 10.0 Å². The summed E-state index contributed by atoms with van der Waals surface area (Å²) >= 11 is 12.1. The Balaban J connectivity index is 1.44. The molecule has 0 spiro atoms. The van der Waals surface area contributed by atoms with Crippen LogP contribution in [0, 0.1) is 18.3 Å². The van der Waals surface area contributed by atoms with Gasteiger partial charge in [0.2, 0.25) is 0 Å². The molecule has 0 aliphatic carbocycles. The van der Waals surface area contributed by atoms with Crippen LogP contribution >= 0.6 is 23.2 Å². The number of nitrogens with zero attached hydrogens (tertiary/aromatic N) is 1. The first-order valence-electron chi connectivity index (χ1n) is 12.3. The molecule has 0 fully saturated rings. The fraction of sp³-hybridized carbons (Fsp3) is 0.125. The van der Waals surface area contributed by atoms with Gasteiger partial charge in [-0.3, -0.25) is 4.79 Å². The second-order valence-corrected chi connectivity index (χ2v) is 9.68. The molecule has 1 amide bonds. The zero-order chi connectivity index (χ0) is 28.5. The van der Waals surface area contributed by atoms with Crippen LogP contribution in [0.5, 0.6) is 17.2 Å². The minimum atomic E-state index is -0.554. The summed E-state index contributed by atoms with van der Waals surface area (Å²) in [5.41, 5.74) is 4.02. The molecular weight excluding hydrogens is 547 g/mol. The second-order valence-electron chi connectivity index (χ2n) is 8.86. The Hall–Kier alpha value is -4.44. The van der Waals surface area contributed by atoms with Crippen molar-refractivity contribution in [2.24, 2.45) is 0 Å². The van der Waals surface area contributed by atoms with Crippen LogP contribution < -0.4 is 19.5 Å². The Morgan fingerprint density at radius 1 is 0.850 bits per heavy atom. The summed E-state index contributed by atoms with van der Waals surface area (Å²) in [6, 6.07) is 27.4. The third kappa shape index (κ3) is 7.79. The number of hydrogen-bond acceptors (Lipinski definition) is 5. The van der Waals surface area contributed by atoms with E-state index in [0.29, 0.717) is 45.2 Å². The lowest BCUT2D eigenvalue weighted by molar-refractivity contribution is -0.112. The van der Waals surface area contributed by atoms with E-state index in [1.165, 1.54) is 11.6 Å². The Labute approximate surface area is 243 Å². The average Bonchev–Trinajstić information content (AvgIpc) is 2.97. The minimum Gasteiger partial charge on any atom is -0.497 e. The van der Waals surface area contributed by atoms with Gasteiger partial charge in [0.1, 0.15) is 42.1 Å². The van der Waals surface area contributed by atoms with E-state index in [1.54, 1.807) is 67.8 Å². The Kier molecular flexibility index (Phi) is 9.69. The number of hydrogen-bond donors (Lipinski definition) is 1. The van der Waals surface area contributed by atoms with E-state index in [2.05, 4.69) is 5.32 Å². The van der Waals surface area contributed by atoms with Crippen LogP contribution in [0.3, 0.4) is 0 Å². The molecule has 0 aromatic heterocycles. The van der Waals surface area contributed by atoms with Gasteiger partial charge in [-0.2, -0.15) is 5.26 Å². The number of anilines is 1. The van der Waals surface area contributed by atoms with E-state index in [4.69, 9.17) is 37.4 Å². The van der Waals surface area contributed by atoms with E-state index in [9.17, 15) is 10.1 Å². The van der Waals surface area contributed by atoms with Gasteiger partial charge in [-0.05, 0) is 72.7 Å². The molecule has 0 heterocycles. The van der Waals surface area contributed by atoms with Crippen molar-refractivity contribution in [1.82, 2.24) is 0 Å². The summed E-state index contributed by atoms with van der Waals surface area (Å²) in [7, 11) is 1.54. The Bertz CT molecular complexity index is 1560. The first kappa shape index (κ1) is 28.6. The maximum Gasteiger partial charge on any atom is 0.266 e. The lowest BCUT2D eigenvalue weighted by Crippen LogP contribution is -2.13. The van der Waals surface area contributed by atoms with Crippen molar-refractivity contribution >= 4 is 40.9 Å². The number of halogens is 2. The van der Waals surface area contributed by atoms with Crippen molar-refractivity contribution in [2.45, 2.75) is 20.1 Å². The van der Waals surface area contributed by atoms with Gasteiger partial charge >= 0.3 is 0 Å². The molecule has 0 atom stereocenters. The number of carbonyl (C=O) groups is 1. The minimum absolute atomic E-state index is 0.0933. The molecule has 0 aliphatic heterocycles. The van der Waals surface area contributed by atoms with Crippen LogP contribution in [0.1, 0.15) is 22.3 Å². The summed E-state index contributed by atoms with van der Waals surface area (Å²) in [6.45, 7) is 2.66. The molecule has 0 unspecified atom stereocenters. The average molecular weight is 573 g/mol. The van der Waals surface area contributed by atoms with Gasteiger partial charge in [0.25, 0.3) is 5.91 Å². The van der Waals surface area contributed by atoms with Crippen LogP contribution in [0.4, 0.5) is 5.69 Å². The summed E-state index contributed by atoms with van der Waals surface area (Å²) < 4.78 is 17.1. The molecule has 0 aliphatic rings. The third-order valence-corrected chi connectivity index (χ3v) is 6.64. The predicted molar refractivity (Wildman–Crippen MR) is 158 cm³/mol. The number of benzene rings is 4. The van der Waals surface area contributed by atoms with Crippen molar-refractivity contribution < 1.29 is 19.0 Å². The number of amides is 1. The molecule has 6 nitrogen and oxygen atoms in total. The lowest BCUT2D eigenvalue weighted by atomic mass is 10.1. The van der Waals surface area contributed by atoms with Crippen LogP contribution in [0.25, 0.3) is 6.08 Å². The Morgan fingerprint density at radius 3 is 2.20 bits per heavy atom. The highest BCUT2D eigenvalue weighted by atomic mass is 35.5. The zero-order valence-electron chi connectivity index (χ0n) is 21.9. The van der Waals surface area contributed by atoms with E-state index >= 15 is 0 Å². The van der Waals surface area contributed by atoms with Gasteiger partial charge in [0.05, 0.1) is 17.2 Å². The normalized spacial score (nSPS) is 10.9. The number of rotatable bonds is 10. The highest BCUT2D eigenvalue weighted by Gasteiger charge is 2.13. The first-order valence-corrected chi connectivity index (χ1v) is 13.1. The van der Waals surface area contributed by atoms with Crippen molar-refractivity contribution in [3.8, 4) is 23.3 Å². The molecule has 8 heteroatoms. The SMILES string of the molecule is COc1ccc(/C=C(\C#N)C(=O)Nc2ccc(OCc3ccc(C)cc3)cc2)c(OCc2ccc(Cl)c(Cl)c2)c1. The van der Waals surface area contributed by atoms with Gasteiger partial charge in [-0.25, -0.2) is 0 Å². The van der Waals surface area contributed by atoms with Gasteiger partial charge in [0.15, 0.2) is 0 Å². The number of ether oxygens (including phenoxy) is 3. The molecule has 0 radical (unpaired) electrons. The lowest BCUT2D eigenvalue weighted by Gasteiger charge is -2.12. The van der Waals surface area contributed by atoms with Crippen molar-refractivity contribution in [3.05, 3.63) is 123 Å². The molecule has 0 saturated carbocycles. The number of aryl methyl sites for hydroxylation is 1. The van der Waals surface area contributed by atoms with Crippen LogP contribution in [-0.2, 0) is 18.0 Å². The van der Waals surface area contributed by atoms with Crippen LogP contribution in [0.15, 0.2) is 90.5 Å². The fourth-order valence-electron chi connectivity index (χ4n) is 3.66. The van der Waals surface area contributed by atoms with Crippen LogP contribution in [-0.4, -0.2) is 13.0 Å². The number of nitrogens with one attached hydrogen (secondary N) is 1. The molecule has 202 valence electrons. The highest BCUT2D eigenvalue weighted by Crippen LogP contribution is 2.29. The molecule has 0 saturated heterocycles. The van der Waals surface area contributed by atoms with E-state index in [-0.39, 0.29) is 12.2 Å². The topological polar surface area (TPSA) is 80.6 Å². The van der Waals surface area contributed by atoms with E-state index in [0.717, 1.165) is 11.1 Å². The van der Waals surface area contributed by atoms with Gasteiger partial charge in [0, 0.05) is 17.3 Å². The van der Waals surface area contributed by atoms with E-state index < -0.39 is 5.91 Å². The molecule has 4 aromatic rings. The number of carbonyl (C=O) groups excluding carboxylic acids is 1. The van der Waals surface area contributed by atoms with Crippen molar-refractivity contribution in [1.29, 1.82) is 5.26 Å². The summed E-state index contributed by atoms with van der Waals surface area (Å²) in [5.74, 6) is 1.11. The molecular formula is C32H26Cl2N2O4. The quantitative estimate of drug-likeness (QED) is 0.154. The van der Waals surface area contributed by atoms with E-state index in [1.807, 2.05) is 37.3 Å². The molecule has 1 N–H and O–H groups in total. The summed E-state index contributed by atoms with van der Waals surface area (Å²) in [4.78, 5) is 12.9. The van der Waals surface area contributed by atoms with Gasteiger partial charge < -0.3 is 19.5 Å². The fourth-order valence-corrected chi connectivity index (χ4v) is 3.99. The highest BCUT2D eigenvalue weighted by molar-refractivity contribution is 6.42. The maximum absolute atomic E-state index is 12.9. The summed E-state index contributed by atoms with van der Waals surface area (Å²) in [5, 5.41) is 13.4. The maximum atomic E-state index is 12.9. The zero-order valence-corrected chi connectivity index (χ0v) is 23.4. The molecule has 0 bridgehead atoms. The molecule has 4 rings (SSSR count). The monoisotopic (exact) mass is 572 g/mol. The third-order valence-electron chi connectivity index (χ3n) is 5.90. The largest absolute Gasteiger partial charge is 0.497 e. The molecule has 40 heavy (non-hydrogen) atoms. The van der Waals surface area contributed by atoms with Gasteiger partial charge in [-0.1, -0.05) is 59.1 Å². The predicted octanol–water partition coefficient (Wildman–Crippen LogP) is 8.01. The number of nitriles is 1. The number of methoxy groups -OCH3 is 1. The standard InChI is InChI=1S/C32H26Cl2N2O4/c1-21-3-5-22(6-4-21)19-39-27-12-9-26(10-13-27)36-32(37)25(18-35)16-24-8-11-28(38-2)17-31(24)40-20-23-7-14-29(33)30(34)15-23/h3-17H,19-20H2,1-2H3,(H,36,37)/b25-16+. The smallest absolute Gasteiger partial charge is 0.266 e. The summed E-state index contributed by atoms with van der Waals surface area (Å²) in [6.07, 6.45) is 1.47. The van der Waals surface area contributed by atoms with Crippen molar-refractivity contribution in [2.75, 3.05) is 12.4 Å². The van der Waals surface area contributed by atoms with Gasteiger partial charge in [-0.15, -0.1) is 0 Å². The Morgan fingerprint density at radius 2 is 1.52 bits per heavy atom.